The summed E-state index contributed by atoms with van der Waals surface area (Å²) in [6.07, 6.45) is 10.9. The van der Waals surface area contributed by atoms with Gasteiger partial charge in [0.25, 0.3) is 0 Å². The Morgan fingerprint density at radius 2 is 0.962 bits per heavy atom. The number of hydrogen-bond donors (Lipinski definition) is 0. The molecule has 5 aliphatic carbocycles. The first-order chi connectivity index (χ1) is 25.7. The van der Waals surface area contributed by atoms with E-state index in [1.807, 2.05) is 12.3 Å². The predicted molar refractivity (Wildman–Crippen MR) is 208 cm³/mol. The molecule has 4 nitrogen and oxygen atoms in total. The Bertz CT molecular complexity index is 2390. The molecular formula is C48H38N4. The van der Waals surface area contributed by atoms with Crippen molar-refractivity contribution in [3.8, 4) is 67.5 Å². The molecule has 0 saturated heterocycles. The van der Waals surface area contributed by atoms with Crippen LogP contribution in [0.4, 0.5) is 0 Å². The van der Waals surface area contributed by atoms with Crippen LogP contribution in [-0.2, 0) is 5.41 Å². The average molecular weight is 671 g/mol. The normalized spacial score (nSPS) is 23.5. The molecule has 2 aromatic heterocycles. The van der Waals surface area contributed by atoms with Crippen molar-refractivity contribution in [1.82, 2.24) is 19.9 Å². The van der Waals surface area contributed by atoms with Gasteiger partial charge >= 0.3 is 0 Å². The Kier molecular flexibility index (Phi) is 6.70. The SMILES string of the molecule is c1ccc(-c2cc(-c3ccccc3)cc(-c3nc(-c4ccccc4)nc(-c4cccc5c4-c4ccncc4C54C5CC6CC(C5)CC4C6)n3)c2)cc1. The molecule has 12 rings (SSSR count). The van der Waals surface area contributed by atoms with Crippen molar-refractivity contribution in [1.29, 1.82) is 0 Å². The van der Waals surface area contributed by atoms with Gasteiger partial charge in [0.1, 0.15) is 0 Å². The molecule has 52 heavy (non-hydrogen) atoms. The maximum Gasteiger partial charge on any atom is 0.164 e. The van der Waals surface area contributed by atoms with E-state index in [9.17, 15) is 0 Å². The van der Waals surface area contributed by atoms with E-state index in [1.165, 1.54) is 54.4 Å². The first kappa shape index (κ1) is 29.9. The van der Waals surface area contributed by atoms with Crippen molar-refractivity contribution in [2.75, 3.05) is 0 Å². The van der Waals surface area contributed by atoms with E-state index in [0.29, 0.717) is 23.5 Å². The number of aromatic nitrogens is 4. The third-order valence-electron chi connectivity index (χ3n) is 12.8. The molecule has 0 radical (unpaired) electrons. The minimum Gasteiger partial charge on any atom is -0.264 e. The summed E-state index contributed by atoms with van der Waals surface area (Å²) >= 11 is 0. The fraction of sp³-hybridized carbons (Fsp3) is 0.208. The van der Waals surface area contributed by atoms with E-state index in [1.54, 1.807) is 0 Å². The number of rotatable bonds is 5. The summed E-state index contributed by atoms with van der Waals surface area (Å²) in [6, 6.07) is 47.5. The van der Waals surface area contributed by atoms with Crippen molar-refractivity contribution in [2.45, 2.75) is 37.5 Å². The summed E-state index contributed by atoms with van der Waals surface area (Å²) in [7, 11) is 0. The number of pyridine rings is 1. The second-order valence-electron chi connectivity index (χ2n) is 15.5. The van der Waals surface area contributed by atoms with Crippen LogP contribution in [0.15, 0.2) is 146 Å². The average Bonchev–Trinajstić information content (AvgIpc) is 3.51. The monoisotopic (exact) mass is 670 g/mol. The third-order valence-corrected chi connectivity index (χ3v) is 12.8. The first-order valence-corrected chi connectivity index (χ1v) is 18.9. The smallest absolute Gasteiger partial charge is 0.164 e. The van der Waals surface area contributed by atoms with E-state index in [4.69, 9.17) is 19.9 Å². The minimum atomic E-state index is 0.0229. The van der Waals surface area contributed by atoms with Crippen LogP contribution >= 0.6 is 0 Å². The van der Waals surface area contributed by atoms with Gasteiger partial charge in [-0.05, 0) is 125 Å². The maximum absolute atomic E-state index is 5.41. The van der Waals surface area contributed by atoms with Crippen LogP contribution in [0.2, 0.25) is 0 Å². The third kappa shape index (κ3) is 4.53. The minimum absolute atomic E-state index is 0.0229. The highest BCUT2D eigenvalue weighted by Crippen LogP contribution is 2.69. The van der Waals surface area contributed by atoms with E-state index in [0.717, 1.165) is 56.6 Å². The molecule has 0 unspecified atom stereocenters. The number of nitrogens with zero attached hydrogens (tertiary/aromatic N) is 4. The lowest BCUT2D eigenvalue weighted by Crippen LogP contribution is -2.55. The zero-order valence-electron chi connectivity index (χ0n) is 29.0. The number of benzene rings is 5. The lowest BCUT2D eigenvalue weighted by atomic mass is 9.43. The zero-order valence-corrected chi connectivity index (χ0v) is 29.0. The van der Waals surface area contributed by atoms with Crippen molar-refractivity contribution in [2.24, 2.45) is 23.7 Å². The van der Waals surface area contributed by atoms with Gasteiger partial charge in [0.15, 0.2) is 17.5 Å². The lowest BCUT2D eigenvalue weighted by Gasteiger charge is -2.61. The second kappa shape index (κ2) is 11.6. The molecule has 0 amide bonds. The molecule has 7 aromatic rings. The summed E-state index contributed by atoms with van der Waals surface area (Å²) in [5.41, 5.74) is 13.2. The second-order valence-corrected chi connectivity index (χ2v) is 15.5. The molecule has 4 bridgehead atoms. The Balaban J connectivity index is 1.14. The van der Waals surface area contributed by atoms with Crippen molar-refractivity contribution in [3.05, 3.63) is 157 Å². The Hall–Kier alpha value is -5.74. The van der Waals surface area contributed by atoms with Gasteiger partial charge in [-0.3, -0.25) is 4.98 Å². The molecule has 0 aliphatic heterocycles. The zero-order chi connectivity index (χ0) is 34.2. The Morgan fingerprint density at radius 3 is 1.58 bits per heavy atom. The highest BCUT2D eigenvalue weighted by Gasteiger charge is 2.62. The summed E-state index contributed by atoms with van der Waals surface area (Å²) in [4.78, 5) is 20.7. The van der Waals surface area contributed by atoms with E-state index >= 15 is 0 Å². The fourth-order valence-electron chi connectivity index (χ4n) is 11.0. The molecule has 5 aliphatic rings. The van der Waals surface area contributed by atoms with Crippen LogP contribution in [0.1, 0.15) is 43.2 Å². The highest BCUT2D eigenvalue weighted by molar-refractivity contribution is 5.92. The lowest BCUT2D eigenvalue weighted by molar-refractivity contribution is -0.0400. The topological polar surface area (TPSA) is 51.6 Å². The number of hydrogen-bond acceptors (Lipinski definition) is 4. The summed E-state index contributed by atoms with van der Waals surface area (Å²) < 4.78 is 0. The Morgan fingerprint density at radius 1 is 0.423 bits per heavy atom. The van der Waals surface area contributed by atoms with Gasteiger partial charge in [-0.25, -0.2) is 15.0 Å². The van der Waals surface area contributed by atoms with Gasteiger partial charge in [-0.1, -0.05) is 109 Å². The molecular weight excluding hydrogens is 633 g/mol. The van der Waals surface area contributed by atoms with Crippen molar-refractivity contribution >= 4 is 0 Å². The highest BCUT2D eigenvalue weighted by atomic mass is 15.0. The summed E-state index contributed by atoms with van der Waals surface area (Å²) in [6.45, 7) is 0. The van der Waals surface area contributed by atoms with Crippen molar-refractivity contribution in [3.63, 3.8) is 0 Å². The molecule has 2 heterocycles. The molecule has 4 fully saturated rings. The molecule has 5 aromatic carbocycles. The molecule has 4 saturated carbocycles. The molecule has 1 spiro atoms. The molecule has 250 valence electrons. The van der Waals surface area contributed by atoms with Gasteiger partial charge in [0.2, 0.25) is 0 Å². The largest absolute Gasteiger partial charge is 0.264 e. The van der Waals surface area contributed by atoms with E-state index in [-0.39, 0.29) is 5.41 Å². The molecule has 4 heteroatoms. The van der Waals surface area contributed by atoms with Gasteiger partial charge in [-0.15, -0.1) is 0 Å². The van der Waals surface area contributed by atoms with E-state index < -0.39 is 0 Å². The molecule has 0 atom stereocenters. The summed E-state index contributed by atoms with van der Waals surface area (Å²) in [5, 5.41) is 0. The van der Waals surface area contributed by atoms with E-state index in [2.05, 4.69) is 134 Å². The van der Waals surface area contributed by atoms with Crippen LogP contribution in [-0.4, -0.2) is 19.9 Å². The van der Waals surface area contributed by atoms with Crippen LogP contribution in [0.25, 0.3) is 67.5 Å². The van der Waals surface area contributed by atoms with Crippen LogP contribution in [0.5, 0.6) is 0 Å². The quantitative estimate of drug-likeness (QED) is 0.183. The number of fused-ring (bicyclic) bond motifs is 3. The Labute approximate surface area is 304 Å². The van der Waals surface area contributed by atoms with Gasteiger partial charge < -0.3 is 0 Å². The molecule has 0 N–H and O–H groups in total. The standard InChI is InChI=1S/C48H38N4/c1-4-11-32(12-5-1)35-26-36(33-13-6-2-7-14-33)28-37(27-35)46-50-45(34-15-8-3-9-16-34)51-47(52-46)41-17-10-18-42-44(41)40-19-20-49-29-43(40)48(42)38-22-30-21-31(24-38)25-39(48)23-30/h1-20,26-31,38-39H,21-25H2. The fourth-order valence-corrected chi connectivity index (χ4v) is 11.0. The van der Waals surface area contributed by atoms with Crippen LogP contribution < -0.4 is 0 Å². The first-order valence-electron chi connectivity index (χ1n) is 18.9. The van der Waals surface area contributed by atoms with Gasteiger partial charge in [-0.2, -0.15) is 0 Å². The van der Waals surface area contributed by atoms with Crippen molar-refractivity contribution < 1.29 is 0 Å². The van der Waals surface area contributed by atoms with Gasteiger partial charge in [0, 0.05) is 34.5 Å². The predicted octanol–water partition coefficient (Wildman–Crippen LogP) is 11.3. The van der Waals surface area contributed by atoms with Gasteiger partial charge in [0.05, 0.1) is 0 Å². The maximum atomic E-state index is 5.41. The summed E-state index contributed by atoms with van der Waals surface area (Å²) in [5.74, 6) is 5.16. The van der Waals surface area contributed by atoms with Crippen LogP contribution in [0.3, 0.4) is 0 Å². The van der Waals surface area contributed by atoms with Crippen LogP contribution in [0, 0.1) is 23.7 Å².